The smallest absolute Gasteiger partial charge is 0.237 e. The second kappa shape index (κ2) is 11.7. The number of carbonyl (C=O) groups is 2. The van der Waals surface area contributed by atoms with Gasteiger partial charge in [-0.05, 0) is 49.9 Å². The van der Waals surface area contributed by atoms with Gasteiger partial charge in [0.25, 0.3) is 0 Å². The number of ether oxygens (including phenoxy) is 1. The number of methoxy groups -OCH3 is 1. The first kappa shape index (κ1) is 21.4. The number of nitrogens with one attached hydrogen (secondary N) is 3. The summed E-state index contributed by atoms with van der Waals surface area (Å²) in [5, 5.41) is 5.49. The van der Waals surface area contributed by atoms with Crippen molar-refractivity contribution in [2.75, 3.05) is 50.1 Å². The van der Waals surface area contributed by atoms with Gasteiger partial charge in [0, 0.05) is 16.5 Å². The van der Waals surface area contributed by atoms with E-state index in [1.54, 1.807) is 31.4 Å². The Morgan fingerprint density at radius 2 is 1.67 bits per heavy atom. The highest BCUT2D eigenvalue weighted by Crippen LogP contribution is 2.14. The van der Waals surface area contributed by atoms with Gasteiger partial charge in [-0.25, -0.2) is 0 Å². The van der Waals surface area contributed by atoms with E-state index in [0.29, 0.717) is 18.0 Å². The highest BCUT2D eigenvalue weighted by atomic mass is 32.2. The molecule has 0 aliphatic carbocycles. The molecule has 1 aliphatic rings. The molecule has 150 valence electrons. The second-order valence-electron chi connectivity index (χ2n) is 6.77. The lowest BCUT2D eigenvalue weighted by atomic mass is 10.2. The van der Waals surface area contributed by atoms with Crippen LogP contribution in [-0.4, -0.2) is 60.8 Å². The third kappa shape index (κ3) is 8.53. The number of benzene rings is 1. The van der Waals surface area contributed by atoms with E-state index in [-0.39, 0.29) is 23.3 Å². The number of likely N-dealkylation sites (tertiary alicyclic amines) is 1. The lowest BCUT2D eigenvalue weighted by molar-refractivity contribution is -0.898. The van der Waals surface area contributed by atoms with Crippen molar-refractivity contribution >= 4 is 28.3 Å². The monoisotopic (exact) mass is 396 g/mol. The average molecular weight is 397 g/mol. The van der Waals surface area contributed by atoms with E-state index >= 15 is 0 Å². The lowest BCUT2D eigenvalue weighted by Crippen LogP contribution is -3.12. The number of anilines is 1. The molecule has 8 heteroatoms. The van der Waals surface area contributed by atoms with E-state index in [4.69, 9.17) is 4.74 Å². The summed E-state index contributed by atoms with van der Waals surface area (Å²) >= 11 is 0. The van der Waals surface area contributed by atoms with Crippen molar-refractivity contribution < 1.29 is 23.4 Å². The van der Waals surface area contributed by atoms with E-state index in [1.807, 2.05) is 0 Å². The standard InChI is InChI=1S/C19H29N3O4S/c1-26-17-8-6-16(7-9-17)21-19(24)15-27(25)14-18(23)20-10-13-22-11-4-2-3-5-12-22/h6-9H,2-5,10-15H2,1H3,(H,20,23)(H,21,24)/p+1/t27-/m1/s1. The quantitative estimate of drug-likeness (QED) is 0.546. The molecule has 1 fully saturated rings. The van der Waals surface area contributed by atoms with Gasteiger partial charge in [-0.2, -0.15) is 0 Å². The molecule has 2 rings (SSSR count). The summed E-state index contributed by atoms with van der Waals surface area (Å²) in [4.78, 5) is 25.4. The van der Waals surface area contributed by atoms with Gasteiger partial charge in [0.05, 0.1) is 33.3 Å². The highest BCUT2D eigenvalue weighted by molar-refractivity contribution is 7.86. The third-order valence-corrected chi connectivity index (χ3v) is 5.74. The van der Waals surface area contributed by atoms with Gasteiger partial charge < -0.3 is 20.3 Å². The van der Waals surface area contributed by atoms with Crippen molar-refractivity contribution in [2.24, 2.45) is 0 Å². The van der Waals surface area contributed by atoms with Gasteiger partial charge in [0.15, 0.2) is 0 Å². The molecule has 0 spiro atoms. The molecule has 1 heterocycles. The Kier molecular flexibility index (Phi) is 9.27. The Morgan fingerprint density at radius 3 is 2.30 bits per heavy atom. The Bertz CT molecular complexity index is 628. The van der Waals surface area contributed by atoms with Crippen LogP contribution in [0.4, 0.5) is 5.69 Å². The van der Waals surface area contributed by atoms with Crippen LogP contribution in [0.3, 0.4) is 0 Å². The summed E-state index contributed by atoms with van der Waals surface area (Å²) in [6.07, 6.45) is 5.09. The molecule has 2 amide bonds. The van der Waals surface area contributed by atoms with Crippen LogP contribution < -0.4 is 20.3 Å². The number of hydrogen-bond acceptors (Lipinski definition) is 4. The molecule has 1 aromatic rings. The van der Waals surface area contributed by atoms with Gasteiger partial charge in [-0.1, -0.05) is 0 Å². The topological polar surface area (TPSA) is 88.9 Å². The van der Waals surface area contributed by atoms with Crippen LogP contribution in [-0.2, 0) is 20.4 Å². The summed E-state index contributed by atoms with van der Waals surface area (Å²) < 4.78 is 17.1. The predicted molar refractivity (Wildman–Crippen MR) is 107 cm³/mol. The molecular formula is C19H30N3O4S+. The maximum absolute atomic E-state index is 12.0. The first-order valence-electron chi connectivity index (χ1n) is 9.46. The summed E-state index contributed by atoms with van der Waals surface area (Å²) in [6, 6.07) is 6.87. The molecule has 0 bridgehead atoms. The molecule has 0 saturated carbocycles. The minimum Gasteiger partial charge on any atom is -0.497 e. The summed E-state index contributed by atoms with van der Waals surface area (Å²) in [5.41, 5.74) is 0.600. The normalized spacial score (nSPS) is 16.2. The van der Waals surface area contributed by atoms with Crippen molar-refractivity contribution in [2.45, 2.75) is 25.7 Å². The Labute approximate surface area is 163 Å². The minimum atomic E-state index is -1.53. The zero-order valence-corrected chi connectivity index (χ0v) is 16.7. The van der Waals surface area contributed by atoms with E-state index in [2.05, 4.69) is 10.6 Å². The van der Waals surface area contributed by atoms with Crippen molar-refractivity contribution in [3.63, 3.8) is 0 Å². The van der Waals surface area contributed by atoms with Gasteiger partial charge >= 0.3 is 0 Å². The van der Waals surface area contributed by atoms with Gasteiger partial charge in [-0.3, -0.25) is 13.8 Å². The first-order chi connectivity index (χ1) is 13.1. The fourth-order valence-corrected chi connectivity index (χ4v) is 3.98. The molecule has 7 nitrogen and oxygen atoms in total. The summed E-state index contributed by atoms with van der Waals surface area (Å²) in [7, 11) is 0.0401. The lowest BCUT2D eigenvalue weighted by Gasteiger charge is -2.17. The van der Waals surface area contributed by atoms with Gasteiger partial charge in [-0.15, -0.1) is 0 Å². The van der Waals surface area contributed by atoms with E-state index in [9.17, 15) is 13.8 Å². The zero-order valence-electron chi connectivity index (χ0n) is 15.9. The number of amides is 2. The maximum Gasteiger partial charge on any atom is 0.237 e. The summed E-state index contributed by atoms with van der Waals surface area (Å²) in [5.74, 6) is -0.294. The number of quaternary nitrogens is 1. The van der Waals surface area contributed by atoms with Crippen molar-refractivity contribution in [1.29, 1.82) is 0 Å². The van der Waals surface area contributed by atoms with Crippen molar-refractivity contribution in [1.82, 2.24) is 5.32 Å². The van der Waals surface area contributed by atoms with Crippen molar-refractivity contribution in [3.8, 4) is 5.75 Å². The summed E-state index contributed by atoms with van der Waals surface area (Å²) in [6.45, 7) is 3.81. The Morgan fingerprint density at radius 1 is 1.04 bits per heavy atom. The Balaban J connectivity index is 1.63. The van der Waals surface area contributed by atoms with Crippen LogP contribution in [0, 0.1) is 0 Å². The van der Waals surface area contributed by atoms with Gasteiger partial charge in [0.1, 0.15) is 17.3 Å². The molecule has 1 aliphatic heterocycles. The molecule has 1 saturated heterocycles. The number of rotatable bonds is 9. The van der Waals surface area contributed by atoms with E-state index < -0.39 is 10.8 Å². The molecule has 0 unspecified atom stereocenters. The van der Waals surface area contributed by atoms with Crippen LogP contribution in [0.2, 0.25) is 0 Å². The average Bonchev–Trinajstić information content (AvgIpc) is 2.91. The molecular weight excluding hydrogens is 366 g/mol. The molecule has 1 aromatic carbocycles. The number of hydrogen-bond donors (Lipinski definition) is 3. The minimum absolute atomic E-state index is 0.147. The van der Waals surface area contributed by atoms with Crippen LogP contribution in [0.25, 0.3) is 0 Å². The second-order valence-corrected chi connectivity index (χ2v) is 8.23. The fourth-order valence-electron chi connectivity index (χ4n) is 3.12. The van der Waals surface area contributed by atoms with Crippen LogP contribution in [0.15, 0.2) is 24.3 Å². The first-order valence-corrected chi connectivity index (χ1v) is 10.9. The van der Waals surface area contributed by atoms with Crippen LogP contribution in [0.5, 0.6) is 5.75 Å². The van der Waals surface area contributed by atoms with Crippen LogP contribution in [0.1, 0.15) is 25.7 Å². The molecule has 27 heavy (non-hydrogen) atoms. The predicted octanol–water partition coefficient (Wildman–Crippen LogP) is -0.0425. The Hall–Kier alpha value is -1.93. The van der Waals surface area contributed by atoms with Crippen molar-refractivity contribution in [3.05, 3.63) is 24.3 Å². The van der Waals surface area contributed by atoms with E-state index in [1.165, 1.54) is 30.6 Å². The maximum atomic E-state index is 12.0. The third-order valence-electron chi connectivity index (χ3n) is 4.57. The van der Waals surface area contributed by atoms with Crippen LogP contribution >= 0.6 is 0 Å². The van der Waals surface area contributed by atoms with E-state index in [0.717, 1.165) is 19.6 Å². The fraction of sp³-hybridized carbons (Fsp3) is 0.579. The number of carbonyl (C=O) groups excluding carboxylic acids is 2. The largest absolute Gasteiger partial charge is 0.497 e. The highest BCUT2D eigenvalue weighted by Gasteiger charge is 2.15. The SMILES string of the molecule is COc1ccc(NC(=O)C[S@](=O)CC(=O)NCC[NH+]2CCCCCC2)cc1. The molecule has 0 radical (unpaired) electrons. The molecule has 1 atom stereocenters. The van der Waals surface area contributed by atoms with Gasteiger partial charge in [0.2, 0.25) is 11.8 Å². The molecule has 0 aromatic heterocycles. The molecule has 3 N–H and O–H groups in total. The zero-order chi connectivity index (χ0) is 19.5.